The van der Waals surface area contributed by atoms with E-state index in [9.17, 15) is 4.79 Å². The van der Waals surface area contributed by atoms with E-state index in [2.05, 4.69) is 30.9 Å². The predicted octanol–water partition coefficient (Wildman–Crippen LogP) is 5.13. The van der Waals surface area contributed by atoms with Gasteiger partial charge in [0, 0.05) is 11.1 Å². The molecule has 29 heavy (non-hydrogen) atoms. The van der Waals surface area contributed by atoms with Crippen molar-refractivity contribution in [2.75, 3.05) is 0 Å². The van der Waals surface area contributed by atoms with Gasteiger partial charge >= 0.3 is 5.97 Å². The Bertz CT molecular complexity index is 1180. The van der Waals surface area contributed by atoms with Crippen LogP contribution in [-0.4, -0.2) is 5.97 Å². The van der Waals surface area contributed by atoms with Crippen LogP contribution in [0.5, 0.6) is 0 Å². The standard InChI is InChI=1S/C26H20O3/c1-17-20-15-28-16-21(20)23-24(22(17)19-11-7-4-8-12-19)26(2,29-25(23)27)14-13-18-9-5-3-6-10-18/h3-12H,15-16H2,1-2H3/t26-/m1/s1. The third-order valence-electron chi connectivity index (χ3n) is 5.75. The molecule has 5 rings (SSSR count). The Morgan fingerprint density at radius 3 is 2.28 bits per heavy atom. The highest BCUT2D eigenvalue weighted by atomic mass is 16.6. The summed E-state index contributed by atoms with van der Waals surface area (Å²) in [5, 5.41) is 0. The van der Waals surface area contributed by atoms with Crippen molar-refractivity contribution < 1.29 is 14.3 Å². The first-order valence-electron chi connectivity index (χ1n) is 9.72. The molecule has 2 aliphatic heterocycles. The minimum Gasteiger partial charge on any atom is -0.438 e. The number of hydrogen-bond acceptors (Lipinski definition) is 3. The third-order valence-corrected chi connectivity index (χ3v) is 5.75. The highest BCUT2D eigenvalue weighted by Crippen LogP contribution is 2.48. The average Bonchev–Trinajstić information content (AvgIpc) is 3.32. The molecular weight excluding hydrogens is 360 g/mol. The fourth-order valence-corrected chi connectivity index (χ4v) is 4.36. The van der Waals surface area contributed by atoms with Gasteiger partial charge in [0.15, 0.2) is 5.60 Å². The van der Waals surface area contributed by atoms with Crippen LogP contribution < -0.4 is 0 Å². The maximum absolute atomic E-state index is 13.0. The van der Waals surface area contributed by atoms with Crippen LogP contribution in [0.4, 0.5) is 0 Å². The molecule has 2 heterocycles. The van der Waals surface area contributed by atoms with Gasteiger partial charge in [0.1, 0.15) is 0 Å². The number of rotatable bonds is 1. The molecule has 0 amide bonds. The monoisotopic (exact) mass is 380 g/mol. The normalized spacial score (nSPS) is 19.2. The summed E-state index contributed by atoms with van der Waals surface area (Å²) >= 11 is 0. The number of carbonyl (C=O) groups excluding carboxylic acids is 1. The van der Waals surface area contributed by atoms with Crippen molar-refractivity contribution in [1.82, 2.24) is 0 Å². The molecule has 3 nitrogen and oxygen atoms in total. The van der Waals surface area contributed by atoms with E-state index in [0.29, 0.717) is 18.8 Å². The molecule has 0 N–H and O–H groups in total. The molecule has 3 aromatic rings. The lowest BCUT2D eigenvalue weighted by molar-refractivity contribution is 0.0240. The fraction of sp³-hybridized carbons (Fsp3) is 0.192. The third kappa shape index (κ3) is 2.76. The minimum atomic E-state index is -1.02. The van der Waals surface area contributed by atoms with Gasteiger partial charge < -0.3 is 9.47 Å². The van der Waals surface area contributed by atoms with Crippen molar-refractivity contribution in [1.29, 1.82) is 0 Å². The molecule has 1 atom stereocenters. The molecule has 3 aromatic carbocycles. The maximum Gasteiger partial charge on any atom is 0.340 e. The molecule has 0 fully saturated rings. The smallest absolute Gasteiger partial charge is 0.340 e. The van der Waals surface area contributed by atoms with E-state index in [0.717, 1.165) is 38.9 Å². The van der Waals surface area contributed by atoms with Crippen LogP contribution in [0.3, 0.4) is 0 Å². The zero-order valence-corrected chi connectivity index (χ0v) is 16.4. The zero-order chi connectivity index (χ0) is 20.0. The van der Waals surface area contributed by atoms with Crippen LogP contribution in [0.1, 0.15) is 45.1 Å². The van der Waals surface area contributed by atoms with Crippen LogP contribution in [0, 0.1) is 18.8 Å². The Labute approximate surface area is 170 Å². The maximum atomic E-state index is 13.0. The molecule has 0 unspecified atom stereocenters. The number of fused-ring (bicyclic) bond motifs is 3. The summed E-state index contributed by atoms with van der Waals surface area (Å²) in [6.07, 6.45) is 0. The molecule has 0 aromatic heterocycles. The van der Waals surface area contributed by atoms with E-state index in [1.807, 2.05) is 55.5 Å². The van der Waals surface area contributed by atoms with Gasteiger partial charge in [0.05, 0.1) is 18.8 Å². The van der Waals surface area contributed by atoms with Crippen molar-refractivity contribution in [2.45, 2.75) is 32.7 Å². The van der Waals surface area contributed by atoms with Crippen LogP contribution in [-0.2, 0) is 28.3 Å². The average molecular weight is 380 g/mol. The molecule has 142 valence electrons. The summed E-state index contributed by atoms with van der Waals surface area (Å²) < 4.78 is 11.6. The molecule has 0 saturated heterocycles. The quantitative estimate of drug-likeness (QED) is 0.434. The van der Waals surface area contributed by atoms with Gasteiger partial charge in [-0.1, -0.05) is 54.5 Å². The first kappa shape index (κ1) is 17.7. The van der Waals surface area contributed by atoms with E-state index in [4.69, 9.17) is 9.47 Å². The Balaban J connectivity index is 1.80. The van der Waals surface area contributed by atoms with Gasteiger partial charge in [-0.15, -0.1) is 0 Å². The minimum absolute atomic E-state index is 0.316. The van der Waals surface area contributed by atoms with Crippen molar-refractivity contribution in [3.05, 3.63) is 94.0 Å². The topological polar surface area (TPSA) is 35.5 Å². The number of hydrogen-bond donors (Lipinski definition) is 0. The fourth-order valence-electron chi connectivity index (χ4n) is 4.36. The van der Waals surface area contributed by atoms with Gasteiger partial charge in [0.2, 0.25) is 0 Å². The summed E-state index contributed by atoms with van der Waals surface area (Å²) in [7, 11) is 0. The molecular formula is C26H20O3. The lowest BCUT2D eigenvalue weighted by atomic mass is 9.80. The lowest BCUT2D eigenvalue weighted by Gasteiger charge is -2.23. The molecule has 0 radical (unpaired) electrons. The second-order valence-corrected chi connectivity index (χ2v) is 7.60. The Hall–Kier alpha value is -3.35. The largest absolute Gasteiger partial charge is 0.438 e. The Morgan fingerprint density at radius 1 is 0.897 bits per heavy atom. The van der Waals surface area contributed by atoms with Crippen LogP contribution in [0.2, 0.25) is 0 Å². The van der Waals surface area contributed by atoms with E-state index in [1.54, 1.807) is 0 Å². The Kier molecular flexibility index (Phi) is 4.04. The van der Waals surface area contributed by atoms with Gasteiger partial charge in [-0.3, -0.25) is 0 Å². The van der Waals surface area contributed by atoms with E-state index in [1.165, 1.54) is 0 Å². The first-order chi connectivity index (χ1) is 14.1. The van der Waals surface area contributed by atoms with Gasteiger partial charge in [0.25, 0.3) is 0 Å². The van der Waals surface area contributed by atoms with Gasteiger partial charge in [-0.2, -0.15) is 0 Å². The number of benzene rings is 3. The number of esters is 1. The number of carbonyl (C=O) groups is 1. The number of cyclic esters (lactones) is 1. The lowest BCUT2D eigenvalue weighted by Crippen LogP contribution is -2.20. The predicted molar refractivity (Wildman–Crippen MR) is 111 cm³/mol. The highest BCUT2D eigenvalue weighted by Gasteiger charge is 2.46. The molecule has 0 saturated carbocycles. The van der Waals surface area contributed by atoms with Crippen molar-refractivity contribution in [3.63, 3.8) is 0 Å². The van der Waals surface area contributed by atoms with Crippen LogP contribution in [0.25, 0.3) is 11.1 Å². The van der Waals surface area contributed by atoms with Crippen molar-refractivity contribution in [3.8, 4) is 23.0 Å². The van der Waals surface area contributed by atoms with E-state index < -0.39 is 5.60 Å². The molecule has 3 heteroatoms. The first-order valence-corrected chi connectivity index (χ1v) is 9.72. The zero-order valence-electron chi connectivity index (χ0n) is 16.4. The van der Waals surface area contributed by atoms with Crippen LogP contribution >= 0.6 is 0 Å². The molecule has 0 bridgehead atoms. The summed E-state index contributed by atoms with van der Waals surface area (Å²) in [5.41, 5.74) is 6.63. The van der Waals surface area contributed by atoms with Gasteiger partial charge in [-0.05, 0) is 59.7 Å². The summed E-state index contributed by atoms with van der Waals surface area (Å²) in [6, 6.07) is 19.9. The van der Waals surface area contributed by atoms with Crippen LogP contribution in [0.15, 0.2) is 60.7 Å². The van der Waals surface area contributed by atoms with E-state index in [-0.39, 0.29) is 5.97 Å². The van der Waals surface area contributed by atoms with Crippen molar-refractivity contribution >= 4 is 5.97 Å². The molecule has 0 aliphatic carbocycles. The SMILES string of the molecule is Cc1c2c(c3c(c1-c1ccccc1)[C@@](C)(C#Cc1ccccc1)OC3=O)COC2. The second-order valence-electron chi connectivity index (χ2n) is 7.60. The van der Waals surface area contributed by atoms with E-state index >= 15 is 0 Å². The summed E-state index contributed by atoms with van der Waals surface area (Å²) in [6.45, 7) is 4.95. The van der Waals surface area contributed by atoms with Gasteiger partial charge in [-0.25, -0.2) is 4.79 Å². The molecule has 2 aliphatic rings. The summed E-state index contributed by atoms with van der Waals surface area (Å²) in [5.74, 6) is 6.14. The van der Waals surface area contributed by atoms with Crippen molar-refractivity contribution in [2.24, 2.45) is 0 Å². The second kappa shape index (κ2) is 6.62. The number of ether oxygens (including phenoxy) is 2. The molecule has 0 spiro atoms. The Morgan fingerprint density at radius 2 is 1.55 bits per heavy atom. The highest BCUT2D eigenvalue weighted by molar-refractivity contribution is 6.01. The summed E-state index contributed by atoms with van der Waals surface area (Å²) in [4.78, 5) is 13.0.